The molecule has 28 heavy (non-hydrogen) atoms. The summed E-state index contributed by atoms with van der Waals surface area (Å²) in [5, 5.41) is 16.0. The Hall–Kier alpha value is -2.41. The van der Waals surface area contributed by atoms with Crippen molar-refractivity contribution in [1.29, 1.82) is 0 Å². The van der Waals surface area contributed by atoms with Gasteiger partial charge >= 0.3 is 0 Å². The Labute approximate surface area is 171 Å². The van der Waals surface area contributed by atoms with E-state index in [9.17, 15) is 5.11 Å². The normalized spacial score (nSPS) is 17.6. The van der Waals surface area contributed by atoms with Gasteiger partial charge < -0.3 is 10.0 Å². The second kappa shape index (κ2) is 6.88. The predicted molar refractivity (Wildman–Crippen MR) is 110 cm³/mol. The number of benzene rings is 2. The smallest absolute Gasteiger partial charge is 0.235 e. The van der Waals surface area contributed by atoms with Crippen molar-refractivity contribution in [3.8, 4) is 5.88 Å². The highest BCUT2D eigenvalue weighted by atomic mass is 35.5. The fraction of sp³-hybridized carbons (Fsp3) is 0.238. The van der Waals surface area contributed by atoms with Gasteiger partial charge in [-0.15, -0.1) is 5.10 Å². The van der Waals surface area contributed by atoms with Gasteiger partial charge in [0.25, 0.3) is 0 Å². The summed E-state index contributed by atoms with van der Waals surface area (Å²) in [6.07, 6.45) is 1.02. The minimum atomic E-state index is -0.0270. The quantitative estimate of drug-likeness (QED) is 0.544. The Bertz CT molecular complexity index is 1170. The number of halogens is 1. The third kappa shape index (κ3) is 2.98. The van der Waals surface area contributed by atoms with Crippen LogP contribution in [0.25, 0.3) is 4.96 Å². The monoisotopic (exact) mass is 411 g/mol. The van der Waals surface area contributed by atoms with Crippen molar-refractivity contribution in [2.45, 2.75) is 25.9 Å². The first-order valence-corrected chi connectivity index (χ1v) is 10.5. The van der Waals surface area contributed by atoms with Crippen LogP contribution >= 0.6 is 22.9 Å². The molecule has 0 saturated heterocycles. The van der Waals surface area contributed by atoms with Gasteiger partial charge in [-0.2, -0.15) is 4.52 Å². The number of rotatable bonds is 3. The highest BCUT2D eigenvalue weighted by Gasteiger charge is 2.34. The van der Waals surface area contributed by atoms with E-state index in [1.54, 1.807) is 4.52 Å². The summed E-state index contributed by atoms with van der Waals surface area (Å²) >= 11 is 7.82. The molecule has 0 radical (unpaired) electrons. The maximum atomic E-state index is 11.0. The van der Waals surface area contributed by atoms with Gasteiger partial charge in [0.2, 0.25) is 10.8 Å². The molecule has 0 spiro atoms. The van der Waals surface area contributed by atoms with Crippen molar-refractivity contribution in [3.05, 3.63) is 80.9 Å². The number of aryl methyl sites for hydroxylation is 1. The molecular weight excluding hydrogens is 392 g/mol. The van der Waals surface area contributed by atoms with Crippen molar-refractivity contribution in [3.63, 3.8) is 0 Å². The van der Waals surface area contributed by atoms with E-state index in [4.69, 9.17) is 11.6 Å². The molecule has 2 aromatic carbocycles. The Morgan fingerprint density at radius 1 is 1.18 bits per heavy atom. The number of nitrogens with zero attached hydrogens (tertiary/aromatic N) is 3. The molecule has 7 heteroatoms. The van der Waals surface area contributed by atoms with Gasteiger partial charge in [0, 0.05) is 22.6 Å². The lowest BCUT2D eigenvalue weighted by Gasteiger charge is -2.32. The highest BCUT2D eigenvalue weighted by Crippen LogP contribution is 2.36. The van der Waals surface area contributed by atoms with Crippen LogP contribution in [0.1, 0.15) is 33.4 Å². The van der Waals surface area contributed by atoms with Crippen LogP contribution in [0.3, 0.4) is 0 Å². The lowest BCUT2D eigenvalue weighted by Crippen LogP contribution is -3.12. The van der Waals surface area contributed by atoms with Crippen LogP contribution in [0.15, 0.2) is 48.5 Å². The average Bonchev–Trinajstić information content (AvgIpc) is 3.20. The maximum Gasteiger partial charge on any atom is 0.235 e. The van der Waals surface area contributed by atoms with Crippen LogP contribution in [0, 0.1) is 6.92 Å². The first kappa shape index (κ1) is 17.7. The van der Waals surface area contributed by atoms with Crippen LogP contribution in [-0.4, -0.2) is 26.2 Å². The summed E-state index contributed by atoms with van der Waals surface area (Å²) in [5.41, 5.74) is 3.88. The summed E-state index contributed by atoms with van der Waals surface area (Å²) < 4.78 is 1.55. The van der Waals surface area contributed by atoms with Gasteiger partial charge in [0.05, 0.1) is 6.54 Å². The average molecular weight is 412 g/mol. The molecule has 142 valence electrons. The van der Waals surface area contributed by atoms with E-state index in [2.05, 4.69) is 40.4 Å². The van der Waals surface area contributed by atoms with Gasteiger partial charge in [-0.1, -0.05) is 59.3 Å². The van der Waals surface area contributed by atoms with Gasteiger partial charge in [0.1, 0.15) is 17.2 Å². The van der Waals surface area contributed by atoms with Crippen LogP contribution in [0.2, 0.25) is 5.02 Å². The third-order valence-electron chi connectivity index (χ3n) is 5.41. The molecule has 0 bridgehead atoms. The van der Waals surface area contributed by atoms with Crippen LogP contribution in [0.5, 0.6) is 5.88 Å². The predicted octanol–water partition coefficient (Wildman–Crippen LogP) is 3.19. The van der Waals surface area contributed by atoms with E-state index in [0.29, 0.717) is 15.8 Å². The molecule has 0 amide bonds. The second-order valence-electron chi connectivity index (χ2n) is 7.24. The third-order valence-corrected chi connectivity index (χ3v) is 6.73. The molecule has 1 aliphatic heterocycles. The maximum absolute atomic E-state index is 11.0. The summed E-state index contributed by atoms with van der Waals surface area (Å²) in [5.74, 6) is 0.837. The van der Waals surface area contributed by atoms with E-state index in [1.165, 1.54) is 27.4 Å². The minimum Gasteiger partial charge on any atom is -0.492 e. The fourth-order valence-corrected chi connectivity index (χ4v) is 5.53. The largest absolute Gasteiger partial charge is 0.492 e. The molecule has 4 aromatic rings. The Morgan fingerprint density at radius 3 is 2.79 bits per heavy atom. The van der Waals surface area contributed by atoms with Crippen LogP contribution in [0.4, 0.5) is 0 Å². The van der Waals surface area contributed by atoms with Crippen LogP contribution in [-0.2, 0) is 13.0 Å². The number of aromatic hydroxyl groups is 1. The standard InChI is InChI=1S/C21H19ClN4OS/c1-13-23-21-26(24-13)20(27)19(28-21)18(15-7-4-8-17(22)11-15)25-10-9-14-5-2-3-6-16(14)12-25/h2-8,11,18,27H,9-10,12H2,1H3/p+1/t18-/m1/s1. The molecule has 3 heterocycles. The SMILES string of the molecule is Cc1nc2sc([C@@H](c3cccc(Cl)c3)[NH+]3CCc4ccccc4C3)c(O)n2n1. The van der Waals surface area contributed by atoms with Crippen molar-refractivity contribution in [2.24, 2.45) is 0 Å². The molecule has 2 N–H and O–H groups in total. The van der Waals surface area contributed by atoms with E-state index < -0.39 is 0 Å². The first-order valence-electron chi connectivity index (χ1n) is 9.32. The molecule has 2 aromatic heterocycles. The van der Waals surface area contributed by atoms with Crippen molar-refractivity contribution in [2.75, 3.05) is 6.54 Å². The molecule has 5 nitrogen and oxygen atoms in total. The van der Waals surface area contributed by atoms with Crippen molar-refractivity contribution >= 4 is 27.9 Å². The van der Waals surface area contributed by atoms with E-state index >= 15 is 0 Å². The zero-order chi connectivity index (χ0) is 19.3. The lowest BCUT2D eigenvalue weighted by molar-refractivity contribution is -0.940. The Balaban J connectivity index is 1.63. The summed E-state index contributed by atoms with van der Waals surface area (Å²) in [6, 6.07) is 16.5. The van der Waals surface area contributed by atoms with Gasteiger partial charge in [0.15, 0.2) is 6.04 Å². The Morgan fingerprint density at radius 2 is 2.00 bits per heavy atom. The molecule has 0 fully saturated rings. The van der Waals surface area contributed by atoms with Gasteiger partial charge in [-0.05, 0) is 24.6 Å². The number of hydrogen-bond donors (Lipinski definition) is 2. The van der Waals surface area contributed by atoms with Crippen molar-refractivity contribution in [1.82, 2.24) is 14.6 Å². The minimum absolute atomic E-state index is 0.0270. The zero-order valence-electron chi connectivity index (χ0n) is 15.4. The van der Waals surface area contributed by atoms with Crippen molar-refractivity contribution < 1.29 is 10.0 Å². The number of hydrogen-bond acceptors (Lipinski definition) is 4. The summed E-state index contributed by atoms with van der Waals surface area (Å²) in [6.45, 7) is 3.72. The van der Waals surface area contributed by atoms with Crippen LogP contribution < -0.4 is 4.90 Å². The summed E-state index contributed by atoms with van der Waals surface area (Å²) in [7, 11) is 0. The number of thiazole rings is 1. The number of aromatic nitrogens is 3. The number of nitrogens with one attached hydrogen (secondary N) is 1. The van der Waals surface area contributed by atoms with Gasteiger partial charge in [-0.3, -0.25) is 0 Å². The fourth-order valence-electron chi connectivity index (χ4n) is 4.14. The topological polar surface area (TPSA) is 54.9 Å². The highest BCUT2D eigenvalue weighted by molar-refractivity contribution is 7.17. The van der Waals surface area contributed by atoms with E-state index in [1.807, 2.05) is 25.1 Å². The summed E-state index contributed by atoms with van der Waals surface area (Å²) in [4.78, 5) is 7.43. The molecule has 0 aliphatic carbocycles. The second-order valence-corrected chi connectivity index (χ2v) is 8.68. The molecule has 5 rings (SSSR count). The molecule has 1 aliphatic rings. The van der Waals surface area contributed by atoms with Gasteiger partial charge in [-0.25, -0.2) is 4.98 Å². The molecule has 0 saturated carbocycles. The number of fused-ring (bicyclic) bond motifs is 2. The molecule has 1 unspecified atom stereocenters. The van der Waals surface area contributed by atoms with E-state index in [0.717, 1.165) is 30.0 Å². The zero-order valence-corrected chi connectivity index (χ0v) is 17.0. The lowest BCUT2D eigenvalue weighted by atomic mass is 9.96. The molecular formula is C21H20ClN4OS+. The first-order chi connectivity index (χ1) is 13.6. The molecule has 2 atom stereocenters. The Kier molecular flexibility index (Phi) is 4.34. The number of quaternary nitrogens is 1. The van der Waals surface area contributed by atoms with E-state index in [-0.39, 0.29) is 11.9 Å².